The Balaban J connectivity index is 1.98. The first-order valence-corrected chi connectivity index (χ1v) is 7.60. The Bertz CT molecular complexity index is 952. The molecule has 0 fully saturated rings. The van der Waals surface area contributed by atoms with E-state index in [2.05, 4.69) is 10.3 Å². The molecule has 0 saturated carbocycles. The molecule has 0 spiro atoms. The molecule has 1 aromatic carbocycles. The molecule has 0 atom stereocenters. The van der Waals surface area contributed by atoms with Gasteiger partial charge < -0.3 is 9.88 Å². The molecule has 1 N–H and O–H groups in total. The molecular formula is C18H16FN3O2. The smallest absolute Gasteiger partial charge is 0.257 e. The van der Waals surface area contributed by atoms with E-state index in [4.69, 9.17) is 0 Å². The van der Waals surface area contributed by atoms with E-state index in [1.165, 1.54) is 18.3 Å². The molecule has 1 amide bonds. The molecule has 0 bridgehead atoms. The molecule has 0 unspecified atom stereocenters. The topological polar surface area (TPSA) is 64.0 Å². The summed E-state index contributed by atoms with van der Waals surface area (Å²) in [5.74, 6) is -0.984. The van der Waals surface area contributed by atoms with Crippen LogP contribution in [0.4, 0.5) is 4.39 Å². The maximum Gasteiger partial charge on any atom is 0.257 e. The summed E-state index contributed by atoms with van der Waals surface area (Å²) >= 11 is 0. The van der Waals surface area contributed by atoms with Crippen LogP contribution in [-0.2, 0) is 13.1 Å². The van der Waals surface area contributed by atoms with Crippen molar-refractivity contribution in [2.24, 2.45) is 0 Å². The third-order valence-electron chi connectivity index (χ3n) is 3.83. The minimum atomic E-state index is -0.503. The number of nitrogens with zero attached hydrogens (tertiary/aromatic N) is 2. The Kier molecular flexibility index (Phi) is 4.37. The third-order valence-corrected chi connectivity index (χ3v) is 3.83. The van der Waals surface area contributed by atoms with Gasteiger partial charge in [0.25, 0.3) is 5.91 Å². The van der Waals surface area contributed by atoms with Crippen LogP contribution < -0.4 is 10.7 Å². The standard InChI is InChI=1S/C18H16FN3O2/c1-2-22-11-15(17(23)14-9-13(19)3-4-16(14)22)18(24)21-10-12-5-7-20-8-6-12/h3-9,11H,2,10H2,1H3,(H,21,24). The second-order valence-corrected chi connectivity index (χ2v) is 5.36. The molecule has 6 heteroatoms. The van der Waals surface area contributed by atoms with Crippen molar-refractivity contribution >= 4 is 16.8 Å². The van der Waals surface area contributed by atoms with Crippen molar-refractivity contribution < 1.29 is 9.18 Å². The number of carbonyl (C=O) groups is 1. The van der Waals surface area contributed by atoms with Gasteiger partial charge in [-0.3, -0.25) is 14.6 Å². The molecule has 3 rings (SSSR count). The number of hydrogen-bond donors (Lipinski definition) is 1. The highest BCUT2D eigenvalue weighted by atomic mass is 19.1. The number of hydrogen-bond acceptors (Lipinski definition) is 3. The van der Waals surface area contributed by atoms with E-state index >= 15 is 0 Å². The highest BCUT2D eigenvalue weighted by molar-refractivity contribution is 5.97. The van der Waals surface area contributed by atoms with Crippen molar-refractivity contribution in [3.63, 3.8) is 0 Å². The first-order chi connectivity index (χ1) is 11.6. The summed E-state index contributed by atoms with van der Waals surface area (Å²) in [5, 5.41) is 2.92. The van der Waals surface area contributed by atoms with Crippen LogP contribution in [0.3, 0.4) is 0 Å². The Hall–Kier alpha value is -3.02. The van der Waals surface area contributed by atoms with Crippen LogP contribution in [0.2, 0.25) is 0 Å². The first-order valence-electron chi connectivity index (χ1n) is 7.60. The normalized spacial score (nSPS) is 10.8. The molecule has 0 aliphatic heterocycles. The SMILES string of the molecule is CCn1cc(C(=O)NCc2ccncc2)c(=O)c2cc(F)ccc21. The lowest BCUT2D eigenvalue weighted by Gasteiger charge is -2.12. The highest BCUT2D eigenvalue weighted by Crippen LogP contribution is 2.14. The molecule has 0 saturated heterocycles. The van der Waals surface area contributed by atoms with Gasteiger partial charge >= 0.3 is 0 Å². The van der Waals surface area contributed by atoms with Crippen molar-refractivity contribution in [2.45, 2.75) is 20.0 Å². The van der Waals surface area contributed by atoms with Gasteiger partial charge in [0, 0.05) is 37.1 Å². The fourth-order valence-electron chi connectivity index (χ4n) is 2.57. The number of pyridine rings is 2. The van der Waals surface area contributed by atoms with Crippen LogP contribution >= 0.6 is 0 Å². The van der Waals surface area contributed by atoms with Crippen molar-refractivity contribution in [3.8, 4) is 0 Å². The van der Waals surface area contributed by atoms with Crippen molar-refractivity contribution in [1.29, 1.82) is 0 Å². The Labute approximate surface area is 137 Å². The molecule has 24 heavy (non-hydrogen) atoms. The Morgan fingerprint density at radius 2 is 2.00 bits per heavy atom. The predicted molar refractivity (Wildman–Crippen MR) is 89.2 cm³/mol. The molecule has 2 aromatic heterocycles. The zero-order chi connectivity index (χ0) is 17.1. The predicted octanol–water partition coefficient (Wildman–Crippen LogP) is 2.49. The molecule has 3 aromatic rings. The lowest BCUT2D eigenvalue weighted by atomic mass is 10.1. The first kappa shape index (κ1) is 15.9. The molecule has 0 aliphatic rings. The number of aromatic nitrogens is 2. The maximum absolute atomic E-state index is 13.5. The van der Waals surface area contributed by atoms with Gasteiger partial charge in [-0.05, 0) is 42.8 Å². The lowest BCUT2D eigenvalue weighted by Crippen LogP contribution is -2.29. The number of nitrogens with one attached hydrogen (secondary N) is 1. The largest absolute Gasteiger partial charge is 0.348 e. The van der Waals surface area contributed by atoms with E-state index in [0.29, 0.717) is 12.1 Å². The second-order valence-electron chi connectivity index (χ2n) is 5.36. The summed E-state index contributed by atoms with van der Waals surface area (Å²) in [6.45, 7) is 2.74. The summed E-state index contributed by atoms with van der Waals surface area (Å²) in [7, 11) is 0. The average Bonchev–Trinajstić information content (AvgIpc) is 2.61. The van der Waals surface area contributed by atoms with Gasteiger partial charge in [-0.1, -0.05) is 0 Å². The van der Waals surface area contributed by atoms with Crippen molar-refractivity contribution in [3.05, 3.63) is 76.1 Å². The van der Waals surface area contributed by atoms with Crippen LogP contribution in [0.25, 0.3) is 10.9 Å². The van der Waals surface area contributed by atoms with Crippen LogP contribution in [-0.4, -0.2) is 15.5 Å². The monoisotopic (exact) mass is 325 g/mol. The van der Waals surface area contributed by atoms with Crippen molar-refractivity contribution in [1.82, 2.24) is 14.9 Å². The van der Waals surface area contributed by atoms with E-state index in [9.17, 15) is 14.0 Å². The average molecular weight is 325 g/mol. The molecular weight excluding hydrogens is 309 g/mol. The van der Waals surface area contributed by atoms with Gasteiger partial charge in [-0.15, -0.1) is 0 Å². The zero-order valence-corrected chi connectivity index (χ0v) is 13.1. The molecule has 2 heterocycles. The molecule has 122 valence electrons. The van der Waals surface area contributed by atoms with Crippen LogP contribution in [0.5, 0.6) is 0 Å². The van der Waals surface area contributed by atoms with Crippen LogP contribution in [0, 0.1) is 5.82 Å². The molecule has 0 radical (unpaired) electrons. The van der Waals surface area contributed by atoms with Gasteiger partial charge in [-0.25, -0.2) is 4.39 Å². The number of rotatable bonds is 4. The lowest BCUT2D eigenvalue weighted by molar-refractivity contribution is 0.0949. The van der Waals surface area contributed by atoms with E-state index in [-0.39, 0.29) is 17.5 Å². The number of benzene rings is 1. The summed E-state index contributed by atoms with van der Waals surface area (Å²) in [5.41, 5.74) is 1.01. The number of aryl methyl sites for hydroxylation is 1. The van der Waals surface area contributed by atoms with E-state index in [0.717, 1.165) is 5.56 Å². The van der Waals surface area contributed by atoms with Crippen LogP contribution in [0.1, 0.15) is 22.8 Å². The number of amides is 1. The second kappa shape index (κ2) is 6.62. The van der Waals surface area contributed by atoms with Gasteiger partial charge in [0.1, 0.15) is 11.4 Å². The Morgan fingerprint density at radius 3 is 2.71 bits per heavy atom. The number of halogens is 1. The summed E-state index contributed by atoms with van der Waals surface area (Å²) in [6.07, 6.45) is 4.78. The maximum atomic E-state index is 13.5. The molecule has 5 nitrogen and oxygen atoms in total. The fourth-order valence-corrected chi connectivity index (χ4v) is 2.57. The minimum Gasteiger partial charge on any atom is -0.348 e. The van der Waals surface area contributed by atoms with E-state index in [1.54, 1.807) is 35.2 Å². The zero-order valence-electron chi connectivity index (χ0n) is 13.1. The summed E-state index contributed by atoms with van der Waals surface area (Å²) in [6, 6.07) is 7.58. The van der Waals surface area contributed by atoms with Crippen molar-refractivity contribution in [2.75, 3.05) is 0 Å². The highest BCUT2D eigenvalue weighted by Gasteiger charge is 2.15. The van der Waals surface area contributed by atoms with E-state index < -0.39 is 17.2 Å². The van der Waals surface area contributed by atoms with Gasteiger partial charge in [0.2, 0.25) is 5.43 Å². The Morgan fingerprint density at radius 1 is 1.25 bits per heavy atom. The third kappa shape index (κ3) is 3.03. The van der Waals surface area contributed by atoms with E-state index in [1.807, 2.05) is 6.92 Å². The van der Waals surface area contributed by atoms with Crippen LogP contribution in [0.15, 0.2) is 53.7 Å². The summed E-state index contributed by atoms with van der Waals surface area (Å²) < 4.78 is 15.3. The minimum absolute atomic E-state index is 0.00371. The quantitative estimate of drug-likeness (QED) is 0.801. The number of carbonyl (C=O) groups excluding carboxylic acids is 1. The molecule has 0 aliphatic carbocycles. The van der Waals surface area contributed by atoms with Gasteiger partial charge in [0.05, 0.1) is 5.52 Å². The van der Waals surface area contributed by atoms with Gasteiger partial charge in [-0.2, -0.15) is 0 Å². The van der Waals surface area contributed by atoms with Gasteiger partial charge in [0.15, 0.2) is 0 Å². The number of fused-ring (bicyclic) bond motifs is 1. The summed E-state index contributed by atoms with van der Waals surface area (Å²) in [4.78, 5) is 28.9. The fraction of sp³-hybridized carbons (Fsp3) is 0.167.